The van der Waals surface area contributed by atoms with E-state index in [1.165, 1.54) is 12.1 Å². The monoisotopic (exact) mass is 300 g/mol. The van der Waals surface area contributed by atoms with Crippen LogP contribution in [-0.2, 0) is 6.42 Å². The summed E-state index contributed by atoms with van der Waals surface area (Å²) in [6.45, 7) is 0.510. The van der Waals surface area contributed by atoms with Crippen LogP contribution in [0.4, 0.5) is 4.39 Å². The van der Waals surface area contributed by atoms with Gasteiger partial charge in [0.15, 0.2) is 0 Å². The molecule has 3 aromatic rings. The number of hydrogen-bond donors (Lipinski definition) is 1. The third-order valence-corrected chi connectivity index (χ3v) is 3.73. The maximum absolute atomic E-state index is 13.8. The second-order valence-corrected chi connectivity index (χ2v) is 5.25. The number of hydrogen-bond acceptors (Lipinski definition) is 2. The predicted molar refractivity (Wildman–Crippen MR) is 84.9 cm³/mol. The summed E-state index contributed by atoms with van der Waals surface area (Å²) in [5.41, 5.74) is 9.25. The normalized spacial score (nSPS) is 11.0. The van der Waals surface area contributed by atoms with Crippen LogP contribution in [0.1, 0.15) is 5.56 Å². The summed E-state index contributed by atoms with van der Waals surface area (Å²) in [7, 11) is 0. The zero-order valence-corrected chi connectivity index (χ0v) is 12.1. The van der Waals surface area contributed by atoms with Crippen LogP contribution < -0.4 is 5.73 Å². The fourth-order valence-electron chi connectivity index (χ4n) is 2.56. The first-order valence-corrected chi connectivity index (χ1v) is 7.10. The van der Waals surface area contributed by atoms with Gasteiger partial charge < -0.3 is 5.73 Å². The molecule has 0 saturated heterocycles. The lowest BCUT2D eigenvalue weighted by Crippen LogP contribution is -2.05. The van der Waals surface area contributed by atoms with E-state index in [1.807, 2.05) is 30.3 Å². The highest BCUT2D eigenvalue weighted by Crippen LogP contribution is 2.34. The molecule has 0 amide bonds. The largest absolute Gasteiger partial charge is 0.330 e. The van der Waals surface area contributed by atoms with Crippen molar-refractivity contribution in [2.45, 2.75) is 6.42 Å². The molecule has 0 unspecified atom stereocenters. The van der Waals surface area contributed by atoms with Gasteiger partial charge in [-0.1, -0.05) is 41.9 Å². The smallest absolute Gasteiger partial charge is 0.125 e. The van der Waals surface area contributed by atoms with Crippen LogP contribution in [0.3, 0.4) is 0 Å². The molecular weight excluding hydrogens is 287 g/mol. The molecule has 1 aromatic heterocycles. The van der Waals surface area contributed by atoms with Gasteiger partial charge in [0.2, 0.25) is 0 Å². The van der Waals surface area contributed by atoms with Gasteiger partial charge >= 0.3 is 0 Å². The second-order valence-electron chi connectivity index (χ2n) is 4.85. The summed E-state index contributed by atoms with van der Waals surface area (Å²) in [6.07, 6.45) is 2.46. The Morgan fingerprint density at radius 1 is 1.14 bits per heavy atom. The average Bonchev–Trinajstić information content (AvgIpc) is 2.48. The van der Waals surface area contributed by atoms with E-state index in [0.717, 1.165) is 22.1 Å². The van der Waals surface area contributed by atoms with E-state index in [2.05, 4.69) is 4.98 Å². The Labute approximate surface area is 127 Å². The SMILES string of the molecule is NCCc1cnc2c(Cl)cc(F)cc2c1-c1ccccc1. The van der Waals surface area contributed by atoms with Crippen molar-refractivity contribution in [1.82, 2.24) is 4.98 Å². The Balaban J connectivity index is 2.39. The maximum atomic E-state index is 13.8. The number of nitrogens with zero attached hydrogens (tertiary/aromatic N) is 1. The lowest BCUT2D eigenvalue weighted by atomic mass is 9.95. The number of pyridine rings is 1. The third kappa shape index (κ3) is 2.62. The number of benzene rings is 2. The van der Waals surface area contributed by atoms with Gasteiger partial charge in [0.1, 0.15) is 5.82 Å². The van der Waals surface area contributed by atoms with E-state index >= 15 is 0 Å². The molecule has 106 valence electrons. The van der Waals surface area contributed by atoms with Gasteiger partial charge in [-0.3, -0.25) is 4.98 Å². The Kier molecular flexibility index (Phi) is 3.86. The highest BCUT2D eigenvalue weighted by Gasteiger charge is 2.13. The lowest BCUT2D eigenvalue weighted by Gasteiger charge is -2.13. The minimum atomic E-state index is -0.364. The molecule has 3 rings (SSSR count). The van der Waals surface area contributed by atoms with E-state index in [1.54, 1.807) is 6.20 Å². The topological polar surface area (TPSA) is 38.9 Å². The first-order valence-electron chi connectivity index (χ1n) is 6.73. The van der Waals surface area contributed by atoms with Crippen molar-refractivity contribution >= 4 is 22.5 Å². The van der Waals surface area contributed by atoms with Crippen molar-refractivity contribution in [3.8, 4) is 11.1 Å². The number of rotatable bonds is 3. The Morgan fingerprint density at radius 3 is 2.62 bits per heavy atom. The average molecular weight is 301 g/mol. The molecule has 0 aliphatic carbocycles. The molecule has 0 bridgehead atoms. The van der Waals surface area contributed by atoms with Crippen LogP contribution in [0, 0.1) is 5.82 Å². The summed E-state index contributed by atoms with van der Waals surface area (Å²) >= 11 is 6.12. The first-order chi connectivity index (χ1) is 10.2. The summed E-state index contributed by atoms with van der Waals surface area (Å²) in [4.78, 5) is 4.37. The molecule has 0 aliphatic heterocycles. The quantitative estimate of drug-likeness (QED) is 0.787. The molecule has 1 heterocycles. The summed E-state index contributed by atoms with van der Waals surface area (Å²) < 4.78 is 13.8. The summed E-state index contributed by atoms with van der Waals surface area (Å²) in [5, 5.41) is 1.04. The van der Waals surface area contributed by atoms with E-state index in [0.29, 0.717) is 23.5 Å². The number of aromatic nitrogens is 1. The molecule has 0 saturated carbocycles. The lowest BCUT2D eigenvalue weighted by molar-refractivity contribution is 0.629. The second kappa shape index (κ2) is 5.80. The molecule has 21 heavy (non-hydrogen) atoms. The highest BCUT2D eigenvalue weighted by atomic mass is 35.5. The van der Waals surface area contributed by atoms with Crippen LogP contribution >= 0.6 is 11.6 Å². The van der Waals surface area contributed by atoms with Gasteiger partial charge in [0, 0.05) is 11.6 Å². The van der Waals surface area contributed by atoms with Gasteiger partial charge in [-0.05, 0) is 41.8 Å². The Bertz CT molecular complexity index is 788. The Hall–Kier alpha value is -1.97. The Morgan fingerprint density at radius 2 is 1.90 bits per heavy atom. The fourth-order valence-corrected chi connectivity index (χ4v) is 2.81. The van der Waals surface area contributed by atoms with Crippen molar-refractivity contribution in [3.63, 3.8) is 0 Å². The highest BCUT2D eigenvalue weighted by molar-refractivity contribution is 6.35. The zero-order valence-electron chi connectivity index (χ0n) is 11.3. The van der Waals surface area contributed by atoms with E-state index in [4.69, 9.17) is 17.3 Å². The van der Waals surface area contributed by atoms with Crippen molar-refractivity contribution in [2.24, 2.45) is 5.73 Å². The zero-order chi connectivity index (χ0) is 14.8. The molecule has 2 aromatic carbocycles. The number of halogens is 2. The molecular formula is C17H14ClFN2. The molecule has 0 radical (unpaired) electrons. The van der Waals surface area contributed by atoms with Crippen molar-refractivity contribution in [3.05, 3.63) is 65.1 Å². The summed E-state index contributed by atoms with van der Waals surface area (Å²) in [6, 6.07) is 12.6. The van der Waals surface area contributed by atoms with Gasteiger partial charge in [-0.15, -0.1) is 0 Å². The summed E-state index contributed by atoms with van der Waals surface area (Å²) in [5.74, 6) is -0.364. The number of nitrogens with two attached hydrogens (primary N) is 1. The molecule has 0 aliphatic rings. The third-order valence-electron chi connectivity index (χ3n) is 3.44. The molecule has 0 fully saturated rings. The van der Waals surface area contributed by atoms with Gasteiger partial charge in [0.25, 0.3) is 0 Å². The van der Waals surface area contributed by atoms with Crippen LogP contribution in [0.5, 0.6) is 0 Å². The van der Waals surface area contributed by atoms with Crippen molar-refractivity contribution < 1.29 is 4.39 Å². The van der Waals surface area contributed by atoms with Crippen molar-refractivity contribution in [2.75, 3.05) is 6.54 Å². The van der Waals surface area contributed by atoms with Gasteiger partial charge in [0.05, 0.1) is 10.5 Å². The van der Waals surface area contributed by atoms with Crippen LogP contribution in [0.15, 0.2) is 48.7 Å². The van der Waals surface area contributed by atoms with E-state index < -0.39 is 0 Å². The minimum Gasteiger partial charge on any atom is -0.330 e. The van der Waals surface area contributed by atoms with Crippen LogP contribution in [-0.4, -0.2) is 11.5 Å². The van der Waals surface area contributed by atoms with Crippen LogP contribution in [0.25, 0.3) is 22.0 Å². The minimum absolute atomic E-state index is 0.321. The van der Waals surface area contributed by atoms with Crippen LogP contribution in [0.2, 0.25) is 5.02 Å². The fraction of sp³-hybridized carbons (Fsp3) is 0.118. The predicted octanol–water partition coefficient (Wildman–Crippen LogP) is 4.20. The van der Waals surface area contributed by atoms with E-state index in [-0.39, 0.29) is 5.82 Å². The molecule has 0 atom stereocenters. The maximum Gasteiger partial charge on any atom is 0.125 e. The standard InChI is InChI=1S/C17H14ClFN2/c18-15-9-13(19)8-14-16(11-4-2-1-3-5-11)12(6-7-20)10-21-17(14)15/h1-5,8-10H,6-7,20H2. The van der Waals surface area contributed by atoms with Gasteiger partial charge in [-0.25, -0.2) is 4.39 Å². The molecule has 2 N–H and O–H groups in total. The van der Waals surface area contributed by atoms with E-state index in [9.17, 15) is 4.39 Å². The first kappa shape index (κ1) is 14.0. The molecule has 2 nitrogen and oxygen atoms in total. The molecule has 4 heteroatoms. The van der Waals surface area contributed by atoms with Gasteiger partial charge in [-0.2, -0.15) is 0 Å². The van der Waals surface area contributed by atoms with Crippen molar-refractivity contribution in [1.29, 1.82) is 0 Å². The molecule has 0 spiro atoms. The number of fused-ring (bicyclic) bond motifs is 1.